The fourth-order valence-corrected chi connectivity index (χ4v) is 5.58. The van der Waals surface area contributed by atoms with Crippen molar-refractivity contribution < 1.29 is 78.9 Å². The number of carbonyl (C=O) groups excluding carboxylic acids is 2. The summed E-state index contributed by atoms with van der Waals surface area (Å²) < 4.78 is 0. The van der Waals surface area contributed by atoms with Gasteiger partial charge >= 0.3 is 59.1 Å². The van der Waals surface area contributed by atoms with E-state index in [-0.39, 0.29) is 72.0 Å². The molecule has 0 radical (unpaired) electrons. The summed E-state index contributed by atoms with van der Waals surface area (Å²) in [6.07, 6.45) is 40.6. The molecule has 0 rings (SSSR count). The van der Waals surface area contributed by atoms with Gasteiger partial charge in [0.05, 0.1) is 0 Å². The van der Waals surface area contributed by atoms with E-state index in [4.69, 9.17) is 5.73 Å². The van der Waals surface area contributed by atoms with Gasteiger partial charge in [-0.05, 0) is 38.8 Å². The largest absolute Gasteiger partial charge is 1.00 e. The molecule has 0 aromatic heterocycles. The fraction of sp³-hybridized carbons (Fsp3) is 0.950. The summed E-state index contributed by atoms with van der Waals surface area (Å²) in [5.41, 5.74) is 5.89. The Balaban J connectivity index is -0.000000445. The van der Waals surface area contributed by atoms with Crippen LogP contribution in [0.4, 0.5) is 0 Å². The molecule has 0 spiro atoms. The van der Waals surface area contributed by atoms with Gasteiger partial charge in [-0.2, -0.15) is 0 Å². The van der Waals surface area contributed by atoms with Crippen LogP contribution in [0.5, 0.6) is 0 Å². The van der Waals surface area contributed by atoms with Gasteiger partial charge in [0, 0.05) is 25.0 Å². The summed E-state index contributed by atoms with van der Waals surface area (Å²) >= 11 is 0. The topological polar surface area (TPSA) is 110 Å². The third-order valence-corrected chi connectivity index (χ3v) is 8.68. The van der Waals surface area contributed by atoms with Crippen molar-refractivity contribution in [1.82, 2.24) is 4.90 Å². The smallest absolute Gasteiger partial charge is 0.550 e. The van der Waals surface area contributed by atoms with Crippen LogP contribution in [0.15, 0.2) is 0 Å². The van der Waals surface area contributed by atoms with Crippen molar-refractivity contribution in [3.05, 3.63) is 0 Å². The molecule has 0 aliphatic rings. The molecular formula is C40H82N2Na2O4. The molecule has 0 amide bonds. The predicted octanol–water partition coefficient (Wildman–Crippen LogP) is 3.51. The number of hydrogen-bond donors (Lipinski definition) is 1. The molecular weight excluding hydrogens is 618 g/mol. The first-order chi connectivity index (χ1) is 22.4. The Labute approximate surface area is 345 Å². The van der Waals surface area contributed by atoms with Crippen LogP contribution in [-0.4, -0.2) is 43.0 Å². The zero-order valence-corrected chi connectivity index (χ0v) is 37.7. The molecule has 0 aliphatic carbocycles. The minimum Gasteiger partial charge on any atom is -0.550 e. The first-order valence-corrected chi connectivity index (χ1v) is 20.2. The predicted molar refractivity (Wildman–Crippen MR) is 197 cm³/mol. The van der Waals surface area contributed by atoms with Crippen molar-refractivity contribution >= 4 is 11.9 Å². The number of carbonyl (C=O) groups is 2. The molecule has 48 heavy (non-hydrogen) atoms. The van der Waals surface area contributed by atoms with Gasteiger partial charge in [-0.15, -0.1) is 0 Å². The average molecular weight is 701 g/mol. The van der Waals surface area contributed by atoms with E-state index in [2.05, 4.69) is 18.7 Å². The van der Waals surface area contributed by atoms with Crippen LogP contribution in [0.25, 0.3) is 0 Å². The zero-order valence-electron chi connectivity index (χ0n) is 33.7. The molecule has 0 aromatic rings. The standard InChI is InChI=1S/C34H72N2.2C3H6O2.2Na/c1-3-5-7-9-11-13-15-17-19-21-23-25-27-29-32-36(34-31-35)33-30-28-26-24-22-20-18-16-14-12-10-8-6-4-2;2*1-2-3(4)5;;/h3-35H2,1-2H3;2*2H2,1H3,(H,4,5);;/q;;;2*+1/p-2. The number of nitrogens with two attached hydrogens (primary N) is 1. The summed E-state index contributed by atoms with van der Waals surface area (Å²) in [6, 6.07) is 0. The van der Waals surface area contributed by atoms with Crippen LogP contribution >= 0.6 is 0 Å². The number of unbranched alkanes of at least 4 members (excludes halogenated alkanes) is 26. The first kappa shape index (κ1) is 58.2. The molecule has 0 unspecified atom stereocenters. The van der Waals surface area contributed by atoms with Crippen molar-refractivity contribution in [2.75, 3.05) is 26.2 Å². The van der Waals surface area contributed by atoms with Crippen LogP contribution in [0.2, 0.25) is 0 Å². The third-order valence-electron chi connectivity index (χ3n) is 8.68. The molecule has 0 fully saturated rings. The Hall–Kier alpha value is 0.860. The van der Waals surface area contributed by atoms with Gasteiger partial charge in [0.2, 0.25) is 0 Å². The van der Waals surface area contributed by atoms with E-state index in [0.29, 0.717) is 0 Å². The van der Waals surface area contributed by atoms with Crippen LogP contribution in [-0.2, 0) is 9.59 Å². The van der Waals surface area contributed by atoms with Crippen LogP contribution in [0.3, 0.4) is 0 Å². The number of aliphatic carboxylic acids is 2. The Morgan fingerprint density at radius 2 is 0.583 bits per heavy atom. The zero-order chi connectivity index (χ0) is 34.8. The van der Waals surface area contributed by atoms with E-state index in [1.165, 1.54) is 207 Å². The Bertz CT molecular complexity index is 539. The first-order valence-electron chi connectivity index (χ1n) is 20.2. The monoisotopic (exact) mass is 701 g/mol. The quantitative estimate of drug-likeness (QED) is 0.0814. The van der Waals surface area contributed by atoms with Gasteiger partial charge in [-0.3, -0.25) is 0 Å². The Morgan fingerprint density at radius 3 is 0.750 bits per heavy atom. The van der Waals surface area contributed by atoms with Crippen molar-refractivity contribution in [1.29, 1.82) is 0 Å². The maximum Gasteiger partial charge on any atom is 1.00 e. The normalized spacial score (nSPS) is 10.3. The number of carboxylic acids is 2. The third kappa shape index (κ3) is 62.0. The molecule has 2 N–H and O–H groups in total. The fourth-order valence-electron chi connectivity index (χ4n) is 5.58. The van der Waals surface area contributed by atoms with Crippen LogP contribution in [0, 0.1) is 0 Å². The van der Waals surface area contributed by atoms with E-state index in [9.17, 15) is 19.8 Å². The summed E-state index contributed by atoms with van der Waals surface area (Å²) in [7, 11) is 0. The molecule has 0 bridgehead atoms. The minimum atomic E-state index is -0.995. The molecule has 0 atom stereocenters. The summed E-state index contributed by atoms with van der Waals surface area (Å²) in [5, 5.41) is 18.5. The van der Waals surface area contributed by atoms with E-state index in [1.807, 2.05) is 0 Å². The van der Waals surface area contributed by atoms with Gasteiger partial charge < -0.3 is 30.4 Å². The van der Waals surface area contributed by atoms with Crippen molar-refractivity contribution in [2.45, 2.75) is 220 Å². The Kier molecular flexibility index (Phi) is 66.2. The van der Waals surface area contributed by atoms with E-state index in [1.54, 1.807) is 0 Å². The van der Waals surface area contributed by atoms with Crippen LogP contribution in [0.1, 0.15) is 220 Å². The summed E-state index contributed by atoms with van der Waals surface area (Å²) in [5.74, 6) is -1.99. The summed E-state index contributed by atoms with van der Waals surface area (Å²) in [4.78, 5) is 21.2. The van der Waals surface area contributed by atoms with Crippen molar-refractivity contribution in [3.63, 3.8) is 0 Å². The second-order valence-electron chi connectivity index (χ2n) is 13.3. The number of hydrogen-bond acceptors (Lipinski definition) is 6. The number of rotatable bonds is 34. The van der Waals surface area contributed by atoms with Gasteiger partial charge in [-0.1, -0.05) is 195 Å². The molecule has 0 aromatic carbocycles. The second-order valence-corrected chi connectivity index (χ2v) is 13.3. The molecule has 0 saturated heterocycles. The van der Waals surface area contributed by atoms with E-state index >= 15 is 0 Å². The molecule has 0 saturated carbocycles. The van der Waals surface area contributed by atoms with E-state index < -0.39 is 11.9 Å². The van der Waals surface area contributed by atoms with Gasteiger partial charge in [0.25, 0.3) is 0 Å². The number of nitrogens with zero attached hydrogens (tertiary/aromatic N) is 1. The van der Waals surface area contributed by atoms with Gasteiger partial charge in [-0.25, -0.2) is 0 Å². The van der Waals surface area contributed by atoms with Crippen molar-refractivity contribution in [2.24, 2.45) is 5.73 Å². The van der Waals surface area contributed by atoms with E-state index in [0.717, 1.165) is 13.1 Å². The molecule has 0 aliphatic heterocycles. The maximum atomic E-state index is 9.26. The molecule has 6 nitrogen and oxygen atoms in total. The average Bonchev–Trinajstić information content (AvgIpc) is 3.05. The summed E-state index contributed by atoms with van der Waals surface area (Å²) in [6.45, 7) is 12.1. The molecule has 0 heterocycles. The molecule has 8 heteroatoms. The minimum absolute atomic E-state index is 0. The van der Waals surface area contributed by atoms with Gasteiger partial charge in [0.1, 0.15) is 0 Å². The second kappa shape index (κ2) is 54.6. The maximum absolute atomic E-state index is 9.26. The Morgan fingerprint density at radius 1 is 0.396 bits per heavy atom. The van der Waals surface area contributed by atoms with Crippen molar-refractivity contribution in [3.8, 4) is 0 Å². The van der Waals surface area contributed by atoms with Crippen LogP contribution < -0.4 is 75.1 Å². The SMILES string of the molecule is CCC(=O)[O-].CCC(=O)[O-].CCCCCCCCCCCCCCCCN(CCN)CCCCCCCCCCCCCCCC.[Na+].[Na+]. The molecule has 278 valence electrons. The number of carboxylic acid groups (broad SMARTS) is 2. The van der Waals surface area contributed by atoms with Gasteiger partial charge in [0.15, 0.2) is 0 Å².